The molecule has 0 spiro atoms. The van der Waals surface area contributed by atoms with E-state index in [1.807, 2.05) is 0 Å². The van der Waals surface area contributed by atoms with Crippen LogP contribution in [0.2, 0.25) is 0 Å². The summed E-state index contributed by atoms with van der Waals surface area (Å²) in [7, 11) is 0. The summed E-state index contributed by atoms with van der Waals surface area (Å²) in [6, 6.07) is 0. The van der Waals surface area contributed by atoms with Gasteiger partial charge >= 0.3 is 0 Å². The molecule has 78 valence electrons. The van der Waals surface area contributed by atoms with Crippen LogP contribution in [0.5, 0.6) is 0 Å². The van der Waals surface area contributed by atoms with Gasteiger partial charge in [-0.15, -0.1) is 0 Å². The van der Waals surface area contributed by atoms with E-state index in [2.05, 4.69) is 5.32 Å². The van der Waals surface area contributed by atoms with E-state index >= 15 is 0 Å². The van der Waals surface area contributed by atoms with E-state index in [9.17, 15) is 5.11 Å². The largest absolute Gasteiger partial charge is 0.393 e. The number of hydrogen-bond acceptors (Lipinski definition) is 3. The first-order chi connectivity index (χ1) is 6.20. The maximum absolute atomic E-state index is 9.63. The van der Waals surface area contributed by atoms with E-state index in [1.54, 1.807) is 6.92 Å². The summed E-state index contributed by atoms with van der Waals surface area (Å²) in [5.41, 5.74) is 0. The summed E-state index contributed by atoms with van der Waals surface area (Å²) >= 11 is 0. The molecule has 1 aliphatic rings. The molecule has 3 heteroatoms. The summed E-state index contributed by atoms with van der Waals surface area (Å²) < 4.78 is 0. The maximum atomic E-state index is 9.63. The van der Waals surface area contributed by atoms with Crippen molar-refractivity contribution in [3.05, 3.63) is 0 Å². The van der Waals surface area contributed by atoms with Crippen molar-refractivity contribution in [1.82, 2.24) is 5.32 Å². The first kappa shape index (κ1) is 11.0. The fourth-order valence-corrected chi connectivity index (χ4v) is 1.90. The van der Waals surface area contributed by atoms with Crippen LogP contribution >= 0.6 is 0 Å². The SMILES string of the molecule is CC(O)CNCC1CCCCC1O. The molecule has 3 unspecified atom stereocenters. The predicted octanol–water partition coefficient (Wildman–Crippen LogP) is 0.508. The Morgan fingerprint density at radius 2 is 2.08 bits per heavy atom. The molecule has 0 aromatic rings. The highest BCUT2D eigenvalue weighted by Crippen LogP contribution is 2.23. The molecule has 0 saturated heterocycles. The smallest absolute Gasteiger partial charge is 0.0636 e. The minimum Gasteiger partial charge on any atom is -0.393 e. The van der Waals surface area contributed by atoms with Crippen molar-refractivity contribution in [3.8, 4) is 0 Å². The standard InChI is InChI=1S/C10H21NO2/c1-8(12)6-11-7-9-4-2-3-5-10(9)13/h8-13H,2-7H2,1H3. The van der Waals surface area contributed by atoms with Gasteiger partial charge in [-0.05, 0) is 25.7 Å². The number of rotatable bonds is 4. The Kier molecular flexibility index (Phi) is 4.70. The molecule has 1 aliphatic carbocycles. The molecule has 0 radical (unpaired) electrons. The van der Waals surface area contributed by atoms with Gasteiger partial charge in [0.1, 0.15) is 0 Å². The molecule has 0 aromatic carbocycles. The van der Waals surface area contributed by atoms with Crippen LogP contribution in [0.1, 0.15) is 32.6 Å². The van der Waals surface area contributed by atoms with Crippen molar-refractivity contribution in [2.24, 2.45) is 5.92 Å². The van der Waals surface area contributed by atoms with Gasteiger partial charge in [0.25, 0.3) is 0 Å². The lowest BCUT2D eigenvalue weighted by molar-refractivity contribution is 0.0675. The molecule has 0 aliphatic heterocycles. The van der Waals surface area contributed by atoms with E-state index in [1.165, 1.54) is 6.42 Å². The monoisotopic (exact) mass is 187 g/mol. The van der Waals surface area contributed by atoms with Crippen LogP contribution in [-0.2, 0) is 0 Å². The maximum Gasteiger partial charge on any atom is 0.0636 e. The topological polar surface area (TPSA) is 52.5 Å². The van der Waals surface area contributed by atoms with Crippen molar-refractivity contribution in [1.29, 1.82) is 0 Å². The normalized spacial score (nSPS) is 31.6. The first-order valence-electron chi connectivity index (χ1n) is 5.27. The fourth-order valence-electron chi connectivity index (χ4n) is 1.90. The molecule has 3 N–H and O–H groups in total. The fraction of sp³-hybridized carbons (Fsp3) is 1.00. The lowest BCUT2D eigenvalue weighted by atomic mass is 9.86. The van der Waals surface area contributed by atoms with Crippen molar-refractivity contribution >= 4 is 0 Å². The van der Waals surface area contributed by atoms with Gasteiger partial charge in [-0.25, -0.2) is 0 Å². The van der Waals surface area contributed by atoms with Crippen molar-refractivity contribution in [2.45, 2.75) is 44.8 Å². The van der Waals surface area contributed by atoms with Crippen molar-refractivity contribution < 1.29 is 10.2 Å². The average Bonchev–Trinajstić information content (AvgIpc) is 2.08. The van der Waals surface area contributed by atoms with Gasteiger partial charge in [-0.3, -0.25) is 0 Å². The van der Waals surface area contributed by atoms with E-state index in [0.717, 1.165) is 25.8 Å². The lowest BCUT2D eigenvalue weighted by Gasteiger charge is -2.27. The molecule has 3 atom stereocenters. The minimum atomic E-state index is -0.291. The Bertz CT molecular complexity index is 139. The molecule has 0 aromatic heterocycles. The second-order valence-corrected chi connectivity index (χ2v) is 4.12. The van der Waals surface area contributed by atoms with Crippen molar-refractivity contribution in [2.75, 3.05) is 13.1 Å². The number of hydrogen-bond donors (Lipinski definition) is 3. The summed E-state index contributed by atoms with van der Waals surface area (Å²) in [6.45, 7) is 3.24. The third kappa shape index (κ3) is 4.07. The lowest BCUT2D eigenvalue weighted by Crippen LogP contribution is -2.36. The highest BCUT2D eigenvalue weighted by atomic mass is 16.3. The second-order valence-electron chi connectivity index (χ2n) is 4.12. The molecule has 0 bridgehead atoms. The average molecular weight is 187 g/mol. The van der Waals surface area contributed by atoms with Gasteiger partial charge in [0.2, 0.25) is 0 Å². The van der Waals surface area contributed by atoms with E-state index < -0.39 is 0 Å². The van der Waals surface area contributed by atoms with Crippen LogP contribution in [0.4, 0.5) is 0 Å². The van der Waals surface area contributed by atoms with E-state index in [4.69, 9.17) is 5.11 Å². The van der Waals surface area contributed by atoms with Gasteiger partial charge in [0.05, 0.1) is 12.2 Å². The quantitative estimate of drug-likeness (QED) is 0.601. The van der Waals surface area contributed by atoms with Gasteiger partial charge < -0.3 is 15.5 Å². The Morgan fingerprint density at radius 1 is 1.38 bits per heavy atom. The first-order valence-corrected chi connectivity index (χ1v) is 5.27. The number of aliphatic hydroxyl groups is 2. The Labute approximate surface area is 80.2 Å². The van der Waals surface area contributed by atoms with Crippen LogP contribution < -0.4 is 5.32 Å². The zero-order chi connectivity index (χ0) is 9.68. The summed E-state index contributed by atoms with van der Waals surface area (Å²) in [5, 5.41) is 21.8. The Balaban J connectivity index is 2.11. The Hall–Kier alpha value is -0.120. The molecule has 1 saturated carbocycles. The zero-order valence-electron chi connectivity index (χ0n) is 8.37. The summed E-state index contributed by atoms with van der Waals surface area (Å²) in [5.74, 6) is 0.396. The van der Waals surface area contributed by atoms with Crippen LogP contribution in [0, 0.1) is 5.92 Å². The molecule has 1 fully saturated rings. The van der Waals surface area contributed by atoms with Crippen LogP contribution in [0.25, 0.3) is 0 Å². The van der Waals surface area contributed by atoms with Gasteiger partial charge in [0, 0.05) is 13.1 Å². The molecule has 13 heavy (non-hydrogen) atoms. The van der Waals surface area contributed by atoms with E-state index in [0.29, 0.717) is 12.5 Å². The van der Waals surface area contributed by atoms with Crippen LogP contribution in [-0.4, -0.2) is 35.5 Å². The summed E-state index contributed by atoms with van der Waals surface area (Å²) in [6.07, 6.45) is 4.04. The second kappa shape index (κ2) is 5.58. The molecule has 3 nitrogen and oxygen atoms in total. The van der Waals surface area contributed by atoms with Gasteiger partial charge in [-0.2, -0.15) is 0 Å². The highest BCUT2D eigenvalue weighted by molar-refractivity contribution is 4.76. The zero-order valence-corrected chi connectivity index (χ0v) is 8.37. The molecule has 1 rings (SSSR count). The molecule has 0 heterocycles. The predicted molar refractivity (Wildman–Crippen MR) is 52.5 cm³/mol. The molecular formula is C10H21NO2. The highest BCUT2D eigenvalue weighted by Gasteiger charge is 2.22. The minimum absolute atomic E-state index is 0.129. The summed E-state index contributed by atoms with van der Waals surface area (Å²) in [4.78, 5) is 0. The third-order valence-corrected chi connectivity index (χ3v) is 2.72. The van der Waals surface area contributed by atoms with Crippen LogP contribution in [0.15, 0.2) is 0 Å². The van der Waals surface area contributed by atoms with Gasteiger partial charge in [0.15, 0.2) is 0 Å². The molecule has 0 amide bonds. The third-order valence-electron chi connectivity index (χ3n) is 2.72. The number of aliphatic hydroxyl groups excluding tert-OH is 2. The number of nitrogens with one attached hydrogen (secondary N) is 1. The van der Waals surface area contributed by atoms with Gasteiger partial charge in [-0.1, -0.05) is 12.8 Å². The molecular weight excluding hydrogens is 166 g/mol. The Morgan fingerprint density at radius 3 is 2.69 bits per heavy atom. The van der Waals surface area contributed by atoms with E-state index in [-0.39, 0.29) is 12.2 Å². The van der Waals surface area contributed by atoms with Crippen LogP contribution in [0.3, 0.4) is 0 Å². The van der Waals surface area contributed by atoms with Crippen molar-refractivity contribution in [3.63, 3.8) is 0 Å².